The highest BCUT2D eigenvalue weighted by molar-refractivity contribution is 5.95. The zero-order valence-corrected chi connectivity index (χ0v) is 12.9. The maximum Gasteiger partial charge on any atom is 0.265 e. The van der Waals surface area contributed by atoms with Crippen molar-refractivity contribution in [3.63, 3.8) is 0 Å². The third-order valence-electron chi connectivity index (χ3n) is 3.61. The number of ether oxygens (including phenoxy) is 1. The molecular formula is C19H15F2NO2. The molecule has 5 heteroatoms. The number of halogens is 2. The van der Waals surface area contributed by atoms with E-state index >= 15 is 0 Å². The molecule has 3 nitrogen and oxygen atoms in total. The van der Waals surface area contributed by atoms with Crippen LogP contribution in [0.5, 0.6) is 5.75 Å². The molecule has 0 aromatic heterocycles. The lowest BCUT2D eigenvalue weighted by Gasteiger charge is -2.16. The number of carbonyl (C=O) groups excluding carboxylic acids is 1. The molecule has 3 aromatic rings. The Morgan fingerprint density at radius 1 is 1.00 bits per heavy atom. The van der Waals surface area contributed by atoms with Gasteiger partial charge >= 0.3 is 0 Å². The number of rotatable bonds is 4. The van der Waals surface area contributed by atoms with E-state index in [1.54, 1.807) is 13.0 Å². The first-order valence-corrected chi connectivity index (χ1v) is 7.45. The third-order valence-corrected chi connectivity index (χ3v) is 3.61. The fourth-order valence-corrected chi connectivity index (χ4v) is 2.36. The molecule has 0 aliphatic rings. The molecule has 0 bridgehead atoms. The molecule has 0 fully saturated rings. The summed E-state index contributed by atoms with van der Waals surface area (Å²) >= 11 is 0. The minimum absolute atomic E-state index is 0.173. The van der Waals surface area contributed by atoms with E-state index in [-0.39, 0.29) is 5.69 Å². The lowest BCUT2D eigenvalue weighted by molar-refractivity contribution is -0.122. The lowest BCUT2D eigenvalue weighted by Crippen LogP contribution is -2.30. The Bertz CT molecular complexity index is 890. The third kappa shape index (κ3) is 3.35. The zero-order valence-electron chi connectivity index (χ0n) is 12.9. The van der Waals surface area contributed by atoms with Crippen LogP contribution >= 0.6 is 0 Å². The van der Waals surface area contributed by atoms with Gasteiger partial charge in [0.25, 0.3) is 5.91 Å². The number of amides is 1. The topological polar surface area (TPSA) is 38.3 Å². The summed E-state index contributed by atoms with van der Waals surface area (Å²) in [5.41, 5.74) is 0.173. The minimum atomic E-state index is -1.02. The van der Waals surface area contributed by atoms with E-state index in [0.29, 0.717) is 5.75 Å². The summed E-state index contributed by atoms with van der Waals surface area (Å²) in [6.45, 7) is 1.59. The summed E-state index contributed by atoms with van der Waals surface area (Å²) < 4.78 is 31.8. The normalized spacial score (nSPS) is 12.0. The summed E-state index contributed by atoms with van der Waals surface area (Å²) in [6.07, 6.45) is -0.802. The van der Waals surface area contributed by atoms with Crippen molar-refractivity contribution in [2.45, 2.75) is 13.0 Å². The van der Waals surface area contributed by atoms with Gasteiger partial charge in [-0.2, -0.15) is 0 Å². The molecule has 0 spiro atoms. The average Bonchev–Trinajstić information content (AvgIpc) is 2.58. The molecular weight excluding hydrogens is 312 g/mol. The molecule has 0 aliphatic carbocycles. The molecule has 1 atom stereocenters. The van der Waals surface area contributed by atoms with Crippen molar-refractivity contribution >= 4 is 22.4 Å². The molecule has 0 saturated carbocycles. The van der Waals surface area contributed by atoms with E-state index in [4.69, 9.17) is 4.74 Å². The molecule has 0 radical (unpaired) electrons. The van der Waals surface area contributed by atoms with E-state index in [0.717, 1.165) is 22.9 Å². The molecule has 24 heavy (non-hydrogen) atoms. The first-order chi connectivity index (χ1) is 11.5. The van der Waals surface area contributed by atoms with Crippen LogP contribution in [0.3, 0.4) is 0 Å². The van der Waals surface area contributed by atoms with E-state index in [1.165, 1.54) is 6.07 Å². The van der Waals surface area contributed by atoms with Crippen molar-refractivity contribution in [3.05, 3.63) is 72.3 Å². The fraction of sp³-hybridized carbons (Fsp3) is 0.105. The van der Waals surface area contributed by atoms with Gasteiger partial charge in [0.2, 0.25) is 0 Å². The second-order valence-corrected chi connectivity index (χ2v) is 5.36. The van der Waals surface area contributed by atoms with Crippen LogP contribution in [0.4, 0.5) is 14.5 Å². The molecule has 0 saturated heterocycles. The first-order valence-electron chi connectivity index (χ1n) is 7.45. The predicted molar refractivity (Wildman–Crippen MR) is 89.0 cm³/mol. The number of fused-ring (bicyclic) bond motifs is 1. The van der Waals surface area contributed by atoms with Crippen LogP contribution in [0.1, 0.15) is 6.92 Å². The first kappa shape index (κ1) is 15.9. The SMILES string of the molecule is CC(Oc1cccc2ccccc12)C(=O)Nc1ccc(F)c(F)c1. The van der Waals surface area contributed by atoms with Crippen molar-refractivity contribution in [1.29, 1.82) is 0 Å². The smallest absolute Gasteiger partial charge is 0.265 e. The molecule has 1 unspecified atom stereocenters. The Morgan fingerprint density at radius 2 is 1.75 bits per heavy atom. The molecule has 122 valence electrons. The van der Waals surface area contributed by atoms with Crippen LogP contribution in [0, 0.1) is 11.6 Å². The number of hydrogen-bond acceptors (Lipinski definition) is 2. The summed E-state index contributed by atoms with van der Waals surface area (Å²) in [4.78, 5) is 12.2. The Hall–Kier alpha value is -2.95. The Balaban J connectivity index is 1.75. The van der Waals surface area contributed by atoms with Crippen molar-refractivity contribution < 1.29 is 18.3 Å². The van der Waals surface area contributed by atoms with Gasteiger partial charge in [0.05, 0.1) is 0 Å². The van der Waals surface area contributed by atoms with Gasteiger partial charge in [0.15, 0.2) is 17.7 Å². The fourth-order valence-electron chi connectivity index (χ4n) is 2.36. The summed E-state index contributed by atoms with van der Waals surface area (Å²) in [6, 6.07) is 16.4. The van der Waals surface area contributed by atoms with E-state index in [1.807, 2.05) is 36.4 Å². The zero-order chi connectivity index (χ0) is 17.1. The molecule has 1 amide bonds. The number of benzene rings is 3. The second kappa shape index (κ2) is 6.66. The predicted octanol–water partition coefficient (Wildman–Crippen LogP) is 4.52. The largest absolute Gasteiger partial charge is 0.480 e. The molecule has 0 aliphatic heterocycles. The molecule has 3 rings (SSSR count). The monoisotopic (exact) mass is 327 g/mol. The van der Waals surface area contributed by atoms with Gasteiger partial charge in [-0.1, -0.05) is 36.4 Å². The Kier molecular flexibility index (Phi) is 4.42. The molecule has 3 aromatic carbocycles. The highest BCUT2D eigenvalue weighted by Crippen LogP contribution is 2.26. The van der Waals surface area contributed by atoms with Gasteiger partial charge in [-0.25, -0.2) is 8.78 Å². The van der Waals surface area contributed by atoms with Gasteiger partial charge in [-0.15, -0.1) is 0 Å². The van der Waals surface area contributed by atoms with Gasteiger partial charge in [0.1, 0.15) is 5.75 Å². The van der Waals surface area contributed by atoms with Gasteiger partial charge < -0.3 is 10.1 Å². The highest BCUT2D eigenvalue weighted by Gasteiger charge is 2.16. The molecule has 0 heterocycles. The standard InChI is InChI=1S/C19H15F2NO2/c1-12(19(23)22-14-9-10-16(20)17(21)11-14)24-18-8-4-6-13-5-2-3-7-15(13)18/h2-12H,1H3,(H,22,23). The van der Waals surface area contributed by atoms with Gasteiger partial charge in [0, 0.05) is 17.1 Å². The van der Waals surface area contributed by atoms with Crippen LogP contribution in [-0.4, -0.2) is 12.0 Å². The van der Waals surface area contributed by atoms with E-state index in [2.05, 4.69) is 5.32 Å². The summed E-state index contributed by atoms with van der Waals surface area (Å²) in [5, 5.41) is 4.41. The molecule has 1 N–H and O–H groups in total. The van der Waals surface area contributed by atoms with Gasteiger partial charge in [-0.3, -0.25) is 4.79 Å². The number of nitrogens with one attached hydrogen (secondary N) is 1. The quantitative estimate of drug-likeness (QED) is 0.765. The van der Waals surface area contributed by atoms with Crippen molar-refractivity contribution in [2.24, 2.45) is 0 Å². The van der Waals surface area contributed by atoms with Gasteiger partial charge in [-0.05, 0) is 30.5 Å². The maximum atomic E-state index is 13.2. The number of anilines is 1. The highest BCUT2D eigenvalue weighted by atomic mass is 19.2. The summed E-state index contributed by atoms with van der Waals surface area (Å²) in [7, 11) is 0. The van der Waals surface area contributed by atoms with Crippen LogP contribution < -0.4 is 10.1 Å². The van der Waals surface area contributed by atoms with Crippen LogP contribution in [-0.2, 0) is 4.79 Å². The number of hydrogen-bond donors (Lipinski definition) is 1. The Morgan fingerprint density at radius 3 is 2.54 bits per heavy atom. The van der Waals surface area contributed by atoms with Crippen molar-refractivity contribution in [3.8, 4) is 5.75 Å². The minimum Gasteiger partial charge on any atom is -0.480 e. The summed E-state index contributed by atoms with van der Waals surface area (Å²) in [5.74, 6) is -1.85. The Labute approximate surface area is 137 Å². The van der Waals surface area contributed by atoms with E-state index < -0.39 is 23.6 Å². The number of carbonyl (C=O) groups is 1. The second-order valence-electron chi connectivity index (χ2n) is 5.36. The van der Waals surface area contributed by atoms with Crippen LogP contribution in [0.2, 0.25) is 0 Å². The lowest BCUT2D eigenvalue weighted by atomic mass is 10.1. The van der Waals surface area contributed by atoms with Crippen molar-refractivity contribution in [1.82, 2.24) is 0 Å². The van der Waals surface area contributed by atoms with Crippen molar-refractivity contribution in [2.75, 3.05) is 5.32 Å². The van der Waals surface area contributed by atoms with E-state index in [9.17, 15) is 13.6 Å². The maximum absolute atomic E-state index is 13.2. The van der Waals surface area contributed by atoms with Crippen LogP contribution in [0.15, 0.2) is 60.7 Å². The average molecular weight is 327 g/mol. The van der Waals surface area contributed by atoms with Crippen LogP contribution in [0.25, 0.3) is 10.8 Å².